The van der Waals surface area contributed by atoms with Crippen LogP contribution in [0.15, 0.2) is 60.7 Å². The van der Waals surface area contributed by atoms with Crippen LogP contribution in [0.1, 0.15) is 28.3 Å². The van der Waals surface area contributed by atoms with E-state index in [2.05, 4.69) is 5.32 Å². The monoisotopic (exact) mass is 436 g/mol. The number of carbonyl (C=O) groups is 1. The molecule has 0 aliphatic carbocycles. The molecule has 31 heavy (non-hydrogen) atoms. The third-order valence-electron chi connectivity index (χ3n) is 5.72. The first-order valence-electron chi connectivity index (χ1n) is 10.2. The Labute approximate surface area is 187 Å². The molecule has 0 bridgehead atoms. The first-order valence-corrected chi connectivity index (χ1v) is 10.5. The van der Waals surface area contributed by atoms with Crippen molar-refractivity contribution >= 4 is 23.3 Å². The third kappa shape index (κ3) is 4.06. The highest BCUT2D eigenvalue weighted by Gasteiger charge is 2.34. The molecule has 1 aliphatic heterocycles. The summed E-state index contributed by atoms with van der Waals surface area (Å²) in [5, 5.41) is 3.68. The summed E-state index contributed by atoms with van der Waals surface area (Å²) in [4.78, 5) is 15.3. The van der Waals surface area contributed by atoms with E-state index in [1.807, 2.05) is 72.5 Å². The number of halogens is 1. The van der Waals surface area contributed by atoms with Gasteiger partial charge in [-0.2, -0.15) is 0 Å². The van der Waals surface area contributed by atoms with Crippen molar-refractivity contribution in [1.29, 1.82) is 0 Å². The summed E-state index contributed by atoms with van der Waals surface area (Å²) in [6.45, 7) is 2.53. The number of urea groups is 1. The van der Waals surface area contributed by atoms with E-state index in [1.54, 1.807) is 14.2 Å². The fourth-order valence-electron chi connectivity index (χ4n) is 4.10. The van der Waals surface area contributed by atoms with E-state index in [0.717, 1.165) is 27.9 Å². The number of hydrogen-bond donors (Lipinski definition) is 1. The van der Waals surface area contributed by atoms with Crippen LogP contribution in [0.4, 0.5) is 10.5 Å². The van der Waals surface area contributed by atoms with Crippen LogP contribution in [-0.4, -0.2) is 31.7 Å². The first kappa shape index (κ1) is 21.1. The van der Waals surface area contributed by atoms with E-state index in [-0.39, 0.29) is 12.1 Å². The topological polar surface area (TPSA) is 50.8 Å². The van der Waals surface area contributed by atoms with Crippen molar-refractivity contribution in [3.05, 3.63) is 87.9 Å². The molecule has 0 radical (unpaired) electrons. The lowest BCUT2D eigenvalue weighted by Crippen LogP contribution is -2.43. The van der Waals surface area contributed by atoms with Gasteiger partial charge >= 0.3 is 6.03 Å². The quantitative estimate of drug-likeness (QED) is 0.558. The SMILES string of the molecule is COc1cc2c(cc1OC)[C@@H](c1ccccc1Cl)N(C(=O)Nc1ccccc1C)CC2. The lowest BCUT2D eigenvalue weighted by atomic mass is 9.87. The molecule has 0 saturated carbocycles. The maximum atomic E-state index is 13.4. The molecule has 1 atom stereocenters. The molecule has 0 fully saturated rings. The minimum atomic E-state index is -0.346. The van der Waals surface area contributed by atoms with Gasteiger partial charge in [-0.05, 0) is 59.9 Å². The maximum Gasteiger partial charge on any atom is 0.322 e. The molecule has 5 nitrogen and oxygen atoms in total. The summed E-state index contributed by atoms with van der Waals surface area (Å²) < 4.78 is 11.0. The Morgan fingerprint density at radius 2 is 1.68 bits per heavy atom. The van der Waals surface area contributed by atoms with Gasteiger partial charge in [0, 0.05) is 17.3 Å². The molecule has 0 saturated heterocycles. The van der Waals surface area contributed by atoms with Gasteiger partial charge in [0.25, 0.3) is 0 Å². The lowest BCUT2D eigenvalue weighted by molar-refractivity contribution is 0.193. The first-order chi connectivity index (χ1) is 15.0. The molecular weight excluding hydrogens is 412 g/mol. The van der Waals surface area contributed by atoms with Crippen LogP contribution in [0.2, 0.25) is 5.02 Å². The molecule has 160 valence electrons. The van der Waals surface area contributed by atoms with Crippen molar-refractivity contribution in [2.24, 2.45) is 0 Å². The molecule has 1 N–H and O–H groups in total. The number of anilines is 1. The van der Waals surface area contributed by atoms with Crippen molar-refractivity contribution in [1.82, 2.24) is 4.90 Å². The zero-order valence-electron chi connectivity index (χ0n) is 17.8. The molecule has 3 aromatic rings. The summed E-state index contributed by atoms with van der Waals surface area (Å²) in [7, 11) is 3.24. The largest absolute Gasteiger partial charge is 0.493 e. The smallest absolute Gasteiger partial charge is 0.322 e. The Kier molecular flexibility index (Phi) is 6.05. The number of amides is 2. The summed E-state index contributed by atoms with van der Waals surface area (Å²) >= 11 is 6.60. The van der Waals surface area contributed by atoms with Gasteiger partial charge in [0.15, 0.2) is 11.5 Å². The van der Waals surface area contributed by atoms with Gasteiger partial charge in [-0.1, -0.05) is 48.0 Å². The second-order valence-electron chi connectivity index (χ2n) is 7.52. The van der Waals surface area contributed by atoms with E-state index in [9.17, 15) is 4.79 Å². The number of hydrogen-bond acceptors (Lipinski definition) is 3. The van der Waals surface area contributed by atoms with Gasteiger partial charge in [0.05, 0.1) is 20.3 Å². The van der Waals surface area contributed by atoms with Crippen molar-refractivity contribution in [2.75, 3.05) is 26.1 Å². The number of nitrogens with zero attached hydrogens (tertiary/aromatic N) is 1. The standard InChI is InChI=1S/C25H25ClN2O3/c1-16-8-4-7-11-21(16)27-25(29)28-13-12-17-14-22(30-2)23(31-3)15-19(17)24(28)18-9-5-6-10-20(18)26/h4-11,14-15,24H,12-13H2,1-3H3,(H,27,29)/t24-/m1/s1. The van der Waals surface area contributed by atoms with Crippen molar-refractivity contribution in [2.45, 2.75) is 19.4 Å². The Morgan fingerprint density at radius 3 is 2.39 bits per heavy atom. The molecule has 3 aromatic carbocycles. The van der Waals surface area contributed by atoms with E-state index in [1.165, 1.54) is 0 Å². The second-order valence-corrected chi connectivity index (χ2v) is 7.93. The molecule has 2 amide bonds. The third-order valence-corrected chi connectivity index (χ3v) is 6.07. The molecular formula is C25H25ClN2O3. The molecule has 0 spiro atoms. The summed E-state index contributed by atoms with van der Waals surface area (Å²) in [5.41, 5.74) is 4.77. The normalized spacial score (nSPS) is 15.2. The van der Waals surface area contributed by atoms with E-state index < -0.39 is 0 Å². The zero-order valence-corrected chi connectivity index (χ0v) is 18.6. The highest BCUT2D eigenvalue weighted by atomic mass is 35.5. The Balaban J connectivity index is 1.80. The van der Waals surface area contributed by atoms with Gasteiger partial charge in [0.2, 0.25) is 0 Å². The van der Waals surface area contributed by atoms with Crippen LogP contribution in [0, 0.1) is 6.92 Å². The molecule has 1 aliphatic rings. The Morgan fingerprint density at radius 1 is 1.00 bits per heavy atom. The van der Waals surface area contributed by atoms with Crippen LogP contribution in [-0.2, 0) is 6.42 Å². The number of fused-ring (bicyclic) bond motifs is 1. The van der Waals surface area contributed by atoms with Crippen LogP contribution in [0.25, 0.3) is 0 Å². The van der Waals surface area contributed by atoms with Crippen LogP contribution >= 0.6 is 11.6 Å². The van der Waals surface area contributed by atoms with Crippen molar-refractivity contribution in [3.63, 3.8) is 0 Å². The molecule has 6 heteroatoms. The molecule has 4 rings (SSSR count). The Hall–Kier alpha value is -3.18. The fraction of sp³-hybridized carbons (Fsp3) is 0.240. The summed E-state index contributed by atoms with van der Waals surface area (Å²) in [6.07, 6.45) is 0.706. The fourth-order valence-corrected chi connectivity index (χ4v) is 4.34. The Bertz CT molecular complexity index is 1120. The van der Waals surface area contributed by atoms with Gasteiger partial charge in [-0.3, -0.25) is 0 Å². The molecule has 0 aromatic heterocycles. The van der Waals surface area contributed by atoms with Crippen molar-refractivity contribution in [3.8, 4) is 11.5 Å². The van der Waals surface area contributed by atoms with E-state index in [0.29, 0.717) is 29.5 Å². The van der Waals surface area contributed by atoms with Gasteiger partial charge in [-0.15, -0.1) is 0 Å². The zero-order chi connectivity index (χ0) is 22.0. The number of rotatable bonds is 4. The highest BCUT2D eigenvalue weighted by molar-refractivity contribution is 6.31. The number of carbonyl (C=O) groups excluding carboxylic acids is 1. The second kappa shape index (κ2) is 8.90. The average Bonchev–Trinajstić information content (AvgIpc) is 2.79. The van der Waals surface area contributed by atoms with Gasteiger partial charge in [-0.25, -0.2) is 4.79 Å². The summed E-state index contributed by atoms with van der Waals surface area (Å²) in [6, 6.07) is 18.8. The molecule has 1 heterocycles. The predicted octanol–water partition coefficient (Wildman–Crippen LogP) is 5.85. The number of aryl methyl sites for hydroxylation is 1. The van der Waals surface area contributed by atoms with Crippen LogP contribution in [0.3, 0.4) is 0 Å². The predicted molar refractivity (Wildman–Crippen MR) is 123 cm³/mol. The van der Waals surface area contributed by atoms with Gasteiger partial charge < -0.3 is 19.7 Å². The number of benzene rings is 3. The maximum absolute atomic E-state index is 13.4. The molecule has 0 unspecified atom stereocenters. The number of methoxy groups -OCH3 is 2. The minimum absolute atomic E-state index is 0.167. The number of ether oxygens (including phenoxy) is 2. The number of para-hydroxylation sites is 1. The number of nitrogens with one attached hydrogen (secondary N) is 1. The van der Waals surface area contributed by atoms with Gasteiger partial charge in [0.1, 0.15) is 0 Å². The van der Waals surface area contributed by atoms with E-state index in [4.69, 9.17) is 21.1 Å². The summed E-state index contributed by atoms with van der Waals surface area (Å²) in [5.74, 6) is 1.30. The highest BCUT2D eigenvalue weighted by Crippen LogP contribution is 2.42. The lowest BCUT2D eigenvalue weighted by Gasteiger charge is -2.38. The van der Waals surface area contributed by atoms with Crippen LogP contribution in [0.5, 0.6) is 11.5 Å². The average molecular weight is 437 g/mol. The van der Waals surface area contributed by atoms with Crippen molar-refractivity contribution < 1.29 is 14.3 Å². The van der Waals surface area contributed by atoms with Crippen LogP contribution < -0.4 is 14.8 Å². The van der Waals surface area contributed by atoms with E-state index >= 15 is 0 Å². The minimum Gasteiger partial charge on any atom is -0.493 e.